The Kier molecular flexibility index (Phi) is 5.84. The summed E-state index contributed by atoms with van der Waals surface area (Å²) in [5.41, 5.74) is 0.284. The van der Waals surface area contributed by atoms with Gasteiger partial charge in [-0.3, -0.25) is 0 Å². The number of hydrogen-bond donors (Lipinski definition) is 2. The molecule has 130 valence electrons. The van der Waals surface area contributed by atoms with E-state index in [0.717, 1.165) is 31.2 Å². The molecular formula is C17H28N2O3S. The van der Waals surface area contributed by atoms with Crippen LogP contribution < -0.4 is 5.32 Å². The summed E-state index contributed by atoms with van der Waals surface area (Å²) in [7, 11) is -0.364. The Balaban J connectivity index is 2.06. The van der Waals surface area contributed by atoms with Crippen LogP contribution in [0.25, 0.3) is 0 Å². The Hall–Kier alpha value is -0.950. The van der Waals surface area contributed by atoms with Crippen molar-refractivity contribution in [3.8, 4) is 0 Å². The lowest BCUT2D eigenvalue weighted by molar-refractivity contribution is 0.00299. The lowest BCUT2D eigenvalue weighted by Crippen LogP contribution is -2.42. The van der Waals surface area contributed by atoms with Crippen LogP contribution in [0.15, 0.2) is 29.2 Å². The Morgan fingerprint density at radius 1 is 1.26 bits per heavy atom. The first kappa shape index (κ1) is 18.4. The molecular weight excluding hydrogens is 312 g/mol. The molecule has 0 radical (unpaired) electrons. The van der Waals surface area contributed by atoms with E-state index >= 15 is 0 Å². The highest BCUT2D eigenvalue weighted by Crippen LogP contribution is 2.28. The quantitative estimate of drug-likeness (QED) is 0.833. The lowest BCUT2D eigenvalue weighted by atomic mass is 9.84. The van der Waals surface area contributed by atoms with Gasteiger partial charge in [0.25, 0.3) is 0 Å². The van der Waals surface area contributed by atoms with Crippen molar-refractivity contribution in [1.82, 2.24) is 9.62 Å². The Labute approximate surface area is 139 Å². The largest absolute Gasteiger partial charge is 0.389 e. The van der Waals surface area contributed by atoms with Gasteiger partial charge in [0.05, 0.1) is 10.5 Å². The van der Waals surface area contributed by atoms with Gasteiger partial charge in [-0.25, -0.2) is 12.7 Å². The molecule has 0 heterocycles. The third kappa shape index (κ3) is 4.53. The monoisotopic (exact) mass is 340 g/mol. The van der Waals surface area contributed by atoms with Gasteiger partial charge in [0.2, 0.25) is 10.0 Å². The van der Waals surface area contributed by atoms with Crippen LogP contribution in [0.5, 0.6) is 0 Å². The van der Waals surface area contributed by atoms with Gasteiger partial charge in [0.15, 0.2) is 0 Å². The van der Waals surface area contributed by atoms with Crippen molar-refractivity contribution in [2.45, 2.75) is 55.6 Å². The molecule has 1 fully saturated rings. The van der Waals surface area contributed by atoms with Crippen LogP contribution in [0.1, 0.15) is 50.6 Å². The summed E-state index contributed by atoms with van der Waals surface area (Å²) in [4.78, 5) is 0.296. The maximum Gasteiger partial charge on any atom is 0.242 e. The second kappa shape index (κ2) is 7.30. The number of sulfonamides is 1. The van der Waals surface area contributed by atoms with Crippen LogP contribution in [0.4, 0.5) is 0 Å². The van der Waals surface area contributed by atoms with Crippen LogP contribution in [0.3, 0.4) is 0 Å². The molecule has 0 aliphatic heterocycles. The van der Waals surface area contributed by atoms with Crippen LogP contribution in [0, 0.1) is 0 Å². The van der Waals surface area contributed by atoms with Crippen LogP contribution >= 0.6 is 0 Å². The van der Waals surface area contributed by atoms with Crippen LogP contribution in [-0.2, 0) is 10.0 Å². The minimum atomic E-state index is -3.42. The van der Waals surface area contributed by atoms with E-state index in [1.54, 1.807) is 18.2 Å². The molecule has 1 aliphatic rings. The Morgan fingerprint density at radius 3 is 2.52 bits per heavy atom. The molecule has 5 nitrogen and oxygen atoms in total. The molecule has 1 atom stereocenters. The van der Waals surface area contributed by atoms with Gasteiger partial charge in [-0.1, -0.05) is 31.4 Å². The standard InChI is InChI=1S/C17H28N2O3S/c1-14(18-13-17(20)10-5-4-6-11-17)15-8-7-9-16(12-15)23(21,22)19(2)3/h7-9,12,14,18,20H,4-6,10-11,13H2,1-3H3. The Morgan fingerprint density at radius 2 is 1.91 bits per heavy atom. The third-order valence-electron chi connectivity index (χ3n) is 4.66. The van der Waals surface area contributed by atoms with Crippen molar-refractivity contribution < 1.29 is 13.5 Å². The molecule has 1 unspecified atom stereocenters. The fourth-order valence-electron chi connectivity index (χ4n) is 3.00. The normalized spacial score (nSPS) is 19.7. The van der Waals surface area contributed by atoms with Gasteiger partial charge in [-0.2, -0.15) is 0 Å². The summed E-state index contributed by atoms with van der Waals surface area (Å²) in [6, 6.07) is 6.98. The molecule has 0 spiro atoms. The van der Waals surface area contributed by atoms with E-state index in [1.165, 1.54) is 24.8 Å². The van der Waals surface area contributed by atoms with E-state index in [4.69, 9.17) is 0 Å². The van der Waals surface area contributed by atoms with Gasteiger partial charge in [0, 0.05) is 26.7 Å². The number of aliphatic hydroxyl groups is 1. The zero-order valence-electron chi connectivity index (χ0n) is 14.2. The van der Waals surface area contributed by atoms with Crippen molar-refractivity contribution in [2.75, 3.05) is 20.6 Å². The third-order valence-corrected chi connectivity index (χ3v) is 6.47. The molecule has 1 saturated carbocycles. The number of nitrogens with one attached hydrogen (secondary N) is 1. The smallest absolute Gasteiger partial charge is 0.242 e. The summed E-state index contributed by atoms with van der Waals surface area (Å²) in [5, 5.41) is 13.9. The summed E-state index contributed by atoms with van der Waals surface area (Å²) >= 11 is 0. The molecule has 1 aromatic rings. The summed E-state index contributed by atoms with van der Waals surface area (Å²) < 4.78 is 25.7. The number of rotatable bonds is 6. The van der Waals surface area contributed by atoms with Gasteiger partial charge in [-0.05, 0) is 37.5 Å². The molecule has 2 rings (SSSR count). The van der Waals surface area contributed by atoms with Gasteiger partial charge in [-0.15, -0.1) is 0 Å². The summed E-state index contributed by atoms with van der Waals surface area (Å²) in [6.45, 7) is 2.53. The fraction of sp³-hybridized carbons (Fsp3) is 0.647. The van der Waals surface area contributed by atoms with Crippen molar-refractivity contribution in [3.05, 3.63) is 29.8 Å². The minimum absolute atomic E-state index is 0.0155. The average molecular weight is 340 g/mol. The first-order valence-corrected chi connectivity index (χ1v) is 9.67. The molecule has 1 aliphatic carbocycles. The average Bonchev–Trinajstić information content (AvgIpc) is 2.53. The predicted octanol–water partition coefficient (Wildman–Crippen LogP) is 2.28. The molecule has 1 aromatic carbocycles. The van der Waals surface area contributed by atoms with Gasteiger partial charge < -0.3 is 10.4 Å². The van der Waals surface area contributed by atoms with E-state index in [-0.39, 0.29) is 6.04 Å². The highest BCUT2D eigenvalue weighted by atomic mass is 32.2. The molecule has 2 N–H and O–H groups in total. The maximum atomic E-state index is 12.2. The second-order valence-corrected chi connectivity index (χ2v) is 8.90. The zero-order valence-corrected chi connectivity index (χ0v) is 15.1. The number of nitrogens with zero attached hydrogens (tertiary/aromatic N) is 1. The van der Waals surface area contributed by atoms with Crippen molar-refractivity contribution in [3.63, 3.8) is 0 Å². The van der Waals surface area contributed by atoms with Crippen LogP contribution in [0.2, 0.25) is 0 Å². The highest BCUT2D eigenvalue weighted by Gasteiger charge is 2.29. The Bertz CT molecular complexity index is 622. The molecule has 0 amide bonds. The molecule has 23 heavy (non-hydrogen) atoms. The predicted molar refractivity (Wildman–Crippen MR) is 91.8 cm³/mol. The molecule has 0 bridgehead atoms. The van der Waals surface area contributed by atoms with Crippen LogP contribution in [-0.4, -0.2) is 44.1 Å². The zero-order chi connectivity index (χ0) is 17.1. The minimum Gasteiger partial charge on any atom is -0.389 e. The van der Waals surface area contributed by atoms with Crippen molar-refractivity contribution in [1.29, 1.82) is 0 Å². The van der Waals surface area contributed by atoms with Gasteiger partial charge in [0.1, 0.15) is 0 Å². The van der Waals surface area contributed by atoms with E-state index in [0.29, 0.717) is 11.4 Å². The van der Waals surface area contributed by atoms with E-state index in [1.807, 2.05) is 13.0 Å². The number of benzene rings is 1. The fourth-order valence-corrected chi connectivity index (χ4v) is 3.96. The molecule has 6 heteroatoms. The first-order chi connectivity index (χ1) is 10.7. The molecule has 0 aromatic heterocycles. The summed E-state index contributed by atoms with van der Waals surface area (Å²) in [6.07, 6.45) is 5.01. The highest BCUT2D eigenvalue weighted by molar-refractivity contribution is 7.89. The maximum absolute atomic E-state index is 12.2. The van der Waals surface area contributed by atoms with Crippen molar-refractivity contribution in [2.24, 2.45) is 0 Å². The van der Waals surface area contributed by atoms with E-state index < -0.39 is 15.6 Å². The number of hydrogen-bond acceptors (Lipinski definition) is 4. The van der Waals surface area contributed by atoms with E-state index in [9.17, 15) is 13.5 Å². The van der Waals surface area contributed by atoms with Crippen molar-refractivity contribution >= 4 is 10.0 Å². The first-order valence-electron chi connectivity index (χ1n) is 8.23. The summed E-state index contributed by atoms with van der Waals surface area (Å²) in [5.74, 6) is 0. The molecule has 0 saturated heterocycles. The van der Waals surface area contributed by atoms with E-state index in [2.05, 4.69) is 5.32 Å². The topological polar surface area (TPSA) is 69.6 Å². The lowest BCUT2D eigenvalue weighted by Gasteiger charge is -2.33. The second-order valence-electron chi connectivity index (χ2n) is 6.75. The van der Waals surface area contributed by atoms with Gasteiger partial charge >= 0.3 is 0 Å². The SMILES string of the molecule is CC(NCC1(O)CCCCC1)c1cccc(S(=O)(=O)N(C)C)c1.